The summed E-state index contributed by atoms with van der Waals surface area (Å²) in [7, 11) is 1.56. The molecule has 0 saturated heterocycles. The molecular formula is C11H14F3NO. The Morgan fingerprint density at radius 2 is 1.81 bits per heavy atom. The summed E-state index contributed by atoms with van der Waals surface area (Å²) in [5, 5.41) is 2.36. The van der Waals surface area contributed by atoms with Crippen molar-refractivity contribution in [2.45, 2.75) is 19.3 Å². The fraction of sp³-hybridized carbons (Fsp3) is 0.455. The third-order valence-electron chi connectivity index (χ3n) is 2.06. The maximum atomic E-state index is 11.9. The van der Waals surface area contributed by atoms with Crippen molar-refractivity contribution in [1.82, 2.24) is 5.32 Å². The maximum absolute atomic E-state index is 11.9. The molecule has 1 aromatic carbocycles. The molecule has 0 aliphatic carbocycles. The van der Waals surface area contributed by atoms with Crippen LogP contribution >= 0.6 is 0 Å². The summed E-state index contributed by atoms with van der Waals surface area (Å²) in [4.78, 5) is 0. The van der Waals surface area contributed by atoms with Crippen molar-refractivity contribution in [3.63, 3.8) is 0 Å². The number of rotatable bonds is 5. The molecule has 0 fully saturated rings. The summed E-state index contributed by atoms with van der Waals surface area (Å²) in [6, 6.07) is 7.26. The zero-order chi connectivity index (χ0) is 12.0. The highest BCUT2D eigenvalue weighted by Crippen LogP contribution is 2.14. The molecule has 90 valence electrons. The van der Waals surface area contributed by atoms with Crippen molar-refractivity contribution in [2.75, 3.05) is 13.7 Å². The zero-order valence-electron chi connectivity index (χ0n) is 8.97. The van der Waals surface area contributed by atoms with Crippen molar-refractivity contribution in [3.8, 4) is 0 Å². The van der Waals surface area contributed by atoms with Crippen LogP contribution < -0.4 is 5.32 Å². The molecule has 16 heavy (non-hydrogen) atoms. The number of hydrogen-bond acceptors (Lipinski definition) is 2. The molecule has 0 atom stereocenters. The smallest absolute Gasteiger partial charge is 0.380 e. The van der Waals surface area contributed by atoms with Gasteiger partial charge in [0.05, 0.1) is 13.2 Å². The highest BCUT2D eigenvalue weighted by atomic mass is 19.4. The molecule has 5 heteroatoms. The molecular weight excluding hydrogens is 219 g/mol. The Bertz CT molecular complexity index is 325. The second kappa shape index (κ2) is 5.86. The van der Waals surface area contributed by atoms with Crippen LogP contribution in [-0.2, 0) is 17.9 Å². The number of ether oxygens (including phenoxy) is 1. The Morgan fingerprint density at radius 1 is 1.19 bits per heavy atom. The quantitative estimate of drug-likeness (QED) is 0.843. The Labute approximate surface area is 92.4 Å². The molecule has 0 saturated carbocycles. The minimum absolute atomic E-state index is 0.193. The fourth-order valence-electron chi connectivity index (χ4n) is 1.37. The molecule has 0 aliphatic heterocycles. The number of methoxy groups -OCH3 is 1. The minimum Gasteiger partial charge on any atom is -0.380 e. The third-order valence-corrected chi connectivity index (χ3v) is 2.06. The third kappa shape index (κ3) is 4.63. The van der Waals surface area contributed by atoms with Gasteiger partial charge in [0, 0.05) is 13.7 Å². The monoisotopic (exact) mass is 233 g/mol. The van der Waals surface area contributed by atoms with E-state index in [1.807, 2.05) is 12.1 Å². The topological polar surface area (TPSA) is 21.3 Å². The van der Waals surface area contributed by atoms with Crippen LogP contribution in [0.1, 0.15) is 11.1 Å². The van der Waals surface area contributed by atoms with Gasteiger partial charge >= 0.3 is 6.18 Å². The first-order valence-electron chi connectivity index (χ1n) is 4.86. The lowest BCUT2D eigenvalue weighted by molar-refractivity contribution is -0.125. The van der Waals surface area contributed by atoms with E-state index in [4.69, 9.17) is 4.74 Å². The van der Waals surface area contributed by atoms with E-state index in [9.17, 15) is 13.2 Å². The second-order valence-electron chi connectivity index (χ2n) is 3.42. The number of hydrogen-bond donors (Lipinski definition) is 1. The summed E-state index contributed by atoms with van der Waals surface area (Å²) < 4.78 is 40.7. The van der Waals surface area contributed by atoms with E-state index in [-0.39, 0.29) is 6.54 Å². The van der Waals surface area contributed by atoms with Gasteiger partial charge in [-0.1, -0.05) is 24.3 Å². The molecule has 0 bridgehead atoms. The minimum atomic E-state index is -4.17. The first-order chi connectivity index (χ1) is 7.53. The lowest BCUT2D eigenvalue weighted by Crippen LogP contribution is -2.28. The summed E-state index contributed by atoms with van der Waals surface area (Å²) in [5.41, 5.74) is 1.73. The maximum Gasteiger partial charge on any atom is 0.401 e. The van der Waals surface area contributed by atoms with Gasteiger partial charge in [0.1, 0.15) is 0 Å². The van der Waals surface area contributed by atoms with E-state index in [1.165, 1.54) is 0 Å². The summed E-state index contributed by atoms with van der Waals surface area (Å²) in [5.74, 6) is 0. The highest BCUT2D eigenvalue weighted by Gasteiger charge is 2.26. The number of halogens is 3. The largest absolute Gasteiger partial charge is 0.401 e. The predicted octanol–water partition coefficient (Wildman–Crippen LogP) is 2.48. The number of benzene rings is 1. The van der Waals surface area contributed by atoms with Crippen LogP contribution in [0.25, 0.3) is 0 Å². The van der Waals surface area contributed by atoms with Crippen LogP contribution in [0.2, 0.25) is 0 Å². The number of alkyl halides is 3. The summed E-state index contributed by atoms with van der Waals surface area (Å²) in [6.45, 7) is -0.378. The van der Waals surface area contributed by atoms with Crippen molar-refractivity contribution < 1.29 is 17.9 Å². The van der Waals surface area contributed by atoms with E-state index in [0.717, 1.165) is 11.1 Å². The average Bonchev–Trinajstić information content (AvgIpc) is 2.19. The molecule has 0 spiro atoms. The zero-order valence-corrected chi connectivity index (χ0v) is 8.97. The molecule has 1 rings (SSSR count). The van der Waals surface area contributed by atoms with Crippen LogP contribution in [0.4, 0.5) is 13.2 Å². The van der Waals surface area contributed by atoms with E-state index < -0.39 is 12.7 Å². The normalized spacial score (nSPS) is 11.8. The first kappa shape index (κ1) is 13.0. The molecule has 0 aromatic heterocycles. The summed E-state index contributed by atoms with van der Waals surface area (Å²) in [6.07, 6.45) is -4.17. The lowest BCUT2D eigenvalue weighted by atomic mass is 10.1. The van der Waals surface area contributed by atoms with Gasteiger partial charge in [0.25, 0.3) is 0 Å². The van der Waals surface area contributed by atoms with Gasteiger partial charge in [-0.2, -0.15) is 13.2 Å². The standard InChI is InChI=1S/C11H14F3NO/c1-16-7-10-5-3-2-4-9(10)6-15-8-11(12,13)14/h2-5,15H,6-8H2,1H3. The molecule has 0 aliphatic rings. The van der Waals surface area contributed by atoms with E-state index in [1.54, 1.807) is 19.2 Å². The lowest BCUT2D eigenvalue weighted by Gasteiger charge is -2.11. The summed E-state index contributed by atoms with van der Waals surface area (Å²) >= 11 is 0. The molecule has 1 aromatic rings. The second-order valence-corrected chi connectivity index (χ2v) is 3.42. The van der Waals surface area contributed by atoms with Crippen LogP contribution in [0.15, 0.2) is 24.3 Å². The molecule has 0 amide bonds. The predicted molar refractivity (Wildman–Crippen MR) is 54.9 cm³/mol. The van der Waals surface area contributed by atoms with Crippen molar-refractivity contribution in [1.29, 1.82) is 0 Å². The van der Waals surface area contributed by atoms with E-state index in [0.29, 0.717) is 6.61 Å². The Kier molecular flexibility index (Phi) is 4.76. The van der Waals surface area contributed by atoms with Gasteiger partial charge in [-0.05, 0) is 11.1 Å². The Hall–Kier alpha value is -1.07. The van der Waals surface area contributed by atoms with Gasteiger partial charge in [-0.3, -0.25) is 0 Å². The van der Waals surface area contributed by atoms with Crippen LogP contribution in [-0.4, -0.2) is 19.8 Å². The van der Waals surface area contributed by atoms with Gasteiger partial charge in [-0.15, -0.1) is 0 Å². The van der Waals surface area contributed by atoms with Crippen LogP contribution in [0.5, 0.6) is 0 Å². The van der Waals surface area contributed by atoms with Gasteiger partial charge in [0.15, 0.2) is 0 Å². The van der Waals surface area contributed by atoms with Crippen molar-refractivity contribution in [3.05, 3.63) is 35.4 Å². The molecule has 1 N–H and O–H groups in total. The Balaban J connectivity index is 2.52. The van der Waals surface area contributed by atoms with Gasteiger partial charge in [0.2, 0.25) is 0 Å². The number of nitrogens with one attached hydrogen (secondary N) is 1. The highest BCUT2D eigenvalue weighted by molar-refractivity contribution is 5.26. The Morgan fingerprint density at radius 3 is 2.38 bits per heavy atom. The molecule has 0 radical (unpaired) electrons. The molecule has 2 nitrogen and oxygen atoms in total. The first-order valence-corrected chi connectivity index (χ1v) is 4.86. The molecule has 0 unspecified atom stereocenters. The van der Waals surface area contributed by atoms with E-state index in [2.05, 4.69) is 5.32 Å². The SMILES string of the molecule is COCc1ccccc1CNCC(F)(F)F. The average molecular weight is 233 g/mol. The fourth-order valence-corrected chi connectivity index (χ4v) is 1.37. The van der Waals surface area contributed by atoms with Gasteiger partial charge in [-0.25, -0.2) is 0 Å². The van der Waals surface area contributed by atoms with Crippen molar-refractivity contribution in [2.24, 2.45) is 0 Å². The van der Waals surface area contributed by atoms with Crippen LogP contribution in [0, 0.1) is 0 Å². The molecule has 0 heterocycles. The van der Waals surface area contributed by atoms with Crippen LogP contribution in [0.3, 0.4) is 0 Å². The van der Waals surface area contributed by atoms with Gasteiger partial charge < -0.3 is 10.1 Å². The van der Waals surface area contributed by atoms with E-state index >= 15 is 0 Å². The van der Waals surface area contributed by atoms with Crippen molar-refractivity contribution >= 4 is 0 Å².